The molecule has 3 rings (SSSR count). The molecule has 1 aromatic heterocycles. The zero-order chi connectivity index (χ0) is 22.6. The largest absolute Gasteiger partial charge is 0.497 e. The predicted molar refractivity (Wildman–Crippen MR) is 128 cm³/mol. The molecule has 32 heavy (non-hydrogen) atoms. The fourth-order valence-corrected chi connectivity index (χ4v) is 3.76. The second-order valence-corrected chi connectivity index (χ2v) is 7.92. The van der Waals surface area contributed by atoms with E-state index in [1.54, 1.807) is 7.11 Å². The van der Waals surface area contributed by atoms with Crippen molar-refractivity contribution >= 4 is 16.9 Å². The summed E-state index contributed by atoms with van der Waals surface area (Å²) in [4.78, 5) is 16.2. The van der Waals surface area contributed by atoms with Crippen LogP contribution in [0.15, 0.2) is 48.5 Å². The van der Waals surface area contributed by atoms with Crippen molar-refractivity contribution in [2.45, 2.75) is 58.4 Å². The molecule has 0 fully saturated rings. The lowest BCUT2D eigenvalue weighted by atomic mass is 10.2. The number of rotatable bonds is 14. The molecular formula is C26H35N3O3. The van der Waals surface area contributed by atoms with E-state index in [2.05, 4.69) is 28.1 Å². The summed E-state index contributed by atoms with van der Waals surface area (Å²) in [5, 5.41) is 2.94. The van der Waals surface area contributed by atoms with Crippen LogP contribution < -0.4 is 14.8 Å². The highest BCUT2D eigenvalue weighted by atomic mass is 16.5. The summed E-state index contributed by atoms with van der Waals surface area (Å²) in [6, 6.07) is 16.1. The van der Waals surface area contributed by atoms with Gasteiger partial charge in [-0.05, 0) is 49.9 Å². The van der Waals surface area contributed by atoms with Crippen LogP contribution >= 0.6 is 0 Å². The van der Waals surface area contributed by atoms with Crippen molar-refractivity contribution in [1.29, 1.82) is 0 Å². The Bertz CT molecular complexity index is 983. The Morgan fingerprint density at radius 1 is 1.00 bits per heavy atom. The number of carbonyl (C=O) groups excluding carboxylic acids is 1. The minimum Gasteiger partial charge on any atom is -0.497 e. The number of carbonyl (C=O) groups is 1. The zero-order valence-corrected chi connectivity index (χ0v) is 19.3. The number of aryl methyl sites for hydroxylation is 2. The summed E-state index contributed by atoms with van der Waals surface area (Å²) in [7, 11) is 1.66. The molecule has 1 heterocycles. The van der Waals surface area contributed by atoms with Crippen molar-refractivity contribution < 1.29 is 14.3 Å². The third-order valence-corrected chi connectivity index (χ3v) is 5.54. The second kappa shape index (κ2) is 12.7. The van der Waals surface area contributed by atoms with Crippen LogP contribution in [-0.2, 0) is 17.8 Å². The average molecular weight is 438 g/mol. The van der Waals surface area contributed by atoms with Gasteiger partial charge < -0.3 is 19.4 Å². The molecule has 0 radical (unpaired) electrons. The molecule has 0 aliphatic carbocycles. The number of hydrogen-bond donors (Lipinski definition) is 1. The summed E-state index contributed by atoms with van der Waals surface area (Å²) in [5.41, 5.74) is 2.26. The molecule has 1 amide bonds. The number of amides is 1. The maximum atomic E-state index is 11.3. The molecule has 0 saturated heterocycles. The molecule has 0 aliphatic heterocycles. The number of aromatic nitrogens is 2. The van der Waals surface area contributed by atoms with Crippen molar-refractivity contribution in [2.24, 2.45) is 0 Å². The molecule has 0 spiro atoms. The summed E-state index contributed by atoms with van der Waals surface area (Å²) in [6.45, 7) is 4.25. The van der Waals surface area contributed by atoms with Crippen LogP contribution in [-0.4, -0.2) is 35.7 Å². The van der Waals surface area contributed by atoms with E-state index in [1.165, 1.54) is 5.52 Å². The average Bonchev–Trinajstić information content (AvgIpc) is 3.18. The number of para-hydroxylation sites is 2. The van der Waals surface area contributed by atoms with E-state index in [0.29, 0.717) is 13.0 Å². The maximum absolute atomic E-state index is 11.3. The lowest BCUT2D eigenvalue weighted by Crippen LogP contribution is -2.23. The van der Waals surface area contributed by atoms with E-state index < -0.39 is 0 Å². The molecule has 3 aromatic rings. The van der Waals surface area contributed by atoms with Crippen LogP contribution in [0, 0.1) is 0 Å². The zero-order valence-electron chi connectivity index (χ0n) is 19.3. The van der Waals surface area contributed by atoms with Crippen molar-refractivity contribution in [2.75, 3.05) is 20.3 Å². The molecule has 6 nitrogen and oxygen atoms in total. The number of nitrogens with one attached hydrogen (secondary N) is 1. The van der Waals surface area contributed by atoms with Gasteiger partial charge in [-0.1, -0.05) is 31.5 Å². The molecule has 0 atom stereocenters. The number of fused-ring (bicyclic) bond motifs is 1. The Morgan fingerprint density at radius 3 is 2.69 bits per heavy atom. The molecule has 0 saturated carbocycles. The van der Waals surface area contributed by atoms with Crippen molar-refractivity contribution in [3.05, 3.63) is 54.4 Å². The van der Waals surface area contributed by atoms with Crippen molar-refractivity contribution in [1.82, 2.24) is 14.9 Å². The molecule has 0 bridgehead atoms. The molecule has 0 aliphatic rings. The highest BCUT2D eigenvalue weighted by Gasteiger charge is 2.10. The van der Waals surface area contributed by atoms with Crippen LogP contribution in [0.3, 0.4) is 0 Å². The van der Waals surface area contributed by atoms with Gasteiger partial charge in [0.25, 0.3) is 0 Å². The summed E-state index contributed by atoms with van der Waals surface area (Å²) >= 11 is 0. The Labute approximate surface area is 190 Å². The Balaban J connectivity index is 1.47. The molecule has 0 unspecified atom stereocenters. The molecule has 1 N–H and O–H groups in total. The number of imidazole rings is 1. The Hall–Kier alpha value is -3.02. The number of hydrogen-bond acceptors (Lipinski definition) is 4. The van der Waals surface area contributed by atoms with Gasteiger partial charge in [0.15, 0.2) is 0 Å². The SMILES string of the molecule is CCC(=O)NCCCCCc1nc2ccccc2n1CCCCOc1cccc(OC)c1. The van der Waals surface area contributed by atoms with E-state index in [4.69, 9.17) is 14.5 Å². The smallest absolute Gasteiger partial charge is 0.219 e. The van der Waals surface area contributed by atoms with Gasteiger partial charge in [0.05, 0.1) is 24.8 Å². The number of ether oxygens (including phenoxy) is 2. The third kappa shape index (κ3) is 7.01. The minimum atomic E-state index is 0.127. The van der Waals surface area contributed by atoms with E-state index in [1.807, 2.05) is 37.3 Å². The first-order valence-electron chi connectivity index (χ1n) is 11.7. The van der Waals surface area contributed by atoms with Gasteiger partial charge in [0.2, 0.25) is 5.91 Å². The molecule has 172 valence electrons. The standard InChI is InChI=1S/C26H35N3O3/c1-3-26(30)27-17-8-4-5-16-25-28-23-14-6-7-15-24(23)29(25)18-9-10-19-32-22-13-11-12-21(20-22)31-2/h6-7,11-15,20H,3-5,8-10,16-19H2,1-2H3,(H,27,30). The van der Waals surface area contributed by atoms with Crippen LogP contribution in [0.25, 0.3) is 11.0 Å². The fourth-order valence-electron chi connectivity index (χ4n) is 3.76. The predicted octanol–water partition coefficient (Wildman–Crippen LogP) is 5.14. The quantitative estimate of drug-likeness (QED) is 0.355. The number of benzene rings is 2. The van der Waals surface area contributed by atoms with Crippen molar-refractivity contribution in [3.8, 4) is 11.5 Å². The summed E-state index contributed by atoms with van der Waals surface area (Å²) in [6.07, 6.45) is 6.67. The van der Waals surface area contributed by atoms with Gasteiger partial charge in [-0.3, -0.25) is 4.79 Å². The monoisotopic (exact) mass is 437 g/mol. The van der Waals surface area contributed by atoms with Gasteiger partial charge in [0, 0.05) is 32.0 Å². The van der Waals surface area contributed by atoms with E-state index >= 15 is 0 Å². The first kappa shape index (κ1) is 23.6. The molecule has 6 heteroatoms. The van der Waals surface area contributed by atoms with Crippen LogP contribution in [0.4, 0.5) is 0 Å². The van der Waals surface area contributed by atoms with Gasteiger partial charge in [-0.15, -0.1) is 0 Å². The number of nitrogens with zero attached hydrogens (tertiary/aromatic N) is 2. The molecular weight excluding hydrogens is 402 g/mol. The van der Waals surface area contributed by atoms with E-state index in [0.717, 1.165) is 74.5 Å². The topological polar surface area (TPSA) is 65.4 Å². The summed E-state index contributed by atoms with van der Waals surface area (Å²) < 4.78 is 13.5. The van der Waals surface area contributed by atoms with Crippen LogP contribution in [0.1, 0.15) is 51.3 Å². The van der Waals surface area contributed by atoms with Gasteiger partial charge in [0.1, 0.15) is 17.3 Å². The maximum Gasteiger partial charge on any atom is 0.219 e. The van der Waals surface area contributed by atoms with Gasteiger partial charge in [-0.25, -0.2) is 4.98 Å². The minimum absolute atomic E-state index is 0.127. The number of methoxy groups -OCH3 is 1. The lowest BCUT2D eigenvalue weighted by Gasteiger charge is -2.11. The van der Waals surface area contributed by atoms with Crippen LogP contribution in [0.2, 0.25) is 0 Å². The number of unbranched alkanes of at least 4 members (excludes halogenated alkanes) is 3. The van der Waals surface area contributed by atoms with Gasteiger partial charge in [-0.2, -0.15) is 0 Å². The fraction of sp³-hybridized carbons (Fsp3) is 0.462. The van der Waals surface area contributed by atoms with Crippen LogP contribution in [0.5, 0.6) is 11.5 Å². The summed E-state index contributed by atoms with van der Waals surface area (Å²) in [5.74, 6) is 2.93. The van der Waals surface area contributed by atoms with Crippen molar-refractivity contribution in [3.63, 3.8) is 0 Å². The Kier molecular flexibility index (Phi) is 9.41. The first-order chi connectivity index (χ1) is 15.7. The molecule has 2 aromatic carbocycles. The van der Waals surface area contributed by atoms with E-state index in [-0.39, 0.29) is 5.91 Å². The first-order valence-corrected chi connectivity index (χ1v) is 11.7. The second-order valence-electron chi connectivity index (χ2n) is 7.92. The Morgan fingerprint density at radius 2 is 1.84 bits per heavy atom. The van der Waals surface area contributed by atoms with Gasteiger partial charge >= 0.3 is 0 Å². The normalized spacial score (nSPS) is 10.9. The highest BCUT2D eigenvalue weighted by Crippen LogP contribution is 2.20. The lowest BCUT2D eigenvalue weighted by molar-refractivity contribution is -0.120. The highest BCUT2D eigenvalue weighted by molar-refractivity contribution is 5.76. The van der Waals surface area contributed by atoms with E-state index in [9.17, 15) is 4.79 Å². The third-order valence-electron chi connectivity index (χ3n) is 5.54.